The van der Waals surface area contributed by atoms with Crippen LogP contribution in [0.5, 0.6) is 0 Å². The molecule has 3 unspecified atom stereocenters. The van der Waals surface area contributed by atoms with Gasteiger partial charge in [-0.25, -0.2) is 0 Å². The van der Waals surface area contributed by atoms with Gasteiger partial charge < -0.3 is 20.6 Å². The lowest BCUT2D eigenvalue weighted by Crippen LogP contribution is -2.45. The first-order chi connectivity index (χ1) is 29.0. The van der Waals surface area contributed by atoms with Crippen molar-refractivity contribution in [3.05, 3.63) is 36.5 Å². The molecule has 0 aliphatic carbocycles. The van der Waals surface area contributed by atoms with Gasteiger partial charge in [-0.3, -0.25) is 4.79 Å². The summed E-state index contributed by atoms with van der Waals surface area (Å²) in [4.78, 5) is 12.5. The second kappa shape index (κ2) is 49.2. The molecule has 0 aromatic rings. The van der Waals surface area contributed by atoms with Crippen LogP contribution in [-0.2, 0) is 4.79 Å². The number of hydrogen-bond acceptors (Lipinski definition) is 4. The Morgan fingerprint density at radius 2 is 0.729 bits per heavy atom. The molecule has 348 valence electrons. The fourth-order valence-electron chi connectivity index (χ4n) is 8.12. The molecule has 1 amide bonds. The zero-order valence-electron chi connectivity index (χ0n) is 39.6. The largest absolute Gasteiger partial charge is 0.394 e. The Balaban J connectivity index is 3.64. The van der Waals surface area contributed by atoms with Crippen LogP contribution in [0.2, 0.25) is 0 Å². The van der Waals surface area contributed by atoms with Crippen molar-refractivity contribution in [1.29, 1.82) is 0 Å². The topological polar surface area (TPSA) is 89.8 Å². The van der Waals surface area contributed by atoms with Gasteiger partial charge in [0.25, 0.3) is 0 Å². The van der Waals surface area contributed by atoms with Crippen molar-refractivity contribution >= 4 is 5.91 Å². The Hall–Kier alpha value is -1.43. The number of rotatable bonds is 48. The number of hydrogen-bond donors (Lipinski definition) is 4. The van der Waals surface area contributed by atoms with Gasteiger partial charge in [0, 0.05) is 0 Å². The summed E-state index contributed by atoms with van der Waals surface area (Å²) >= 11 is 0. The first-order valence-electron chi connectivity index (χ1n) is 26.3. The van der Waals surface area contributed by atoms with E-state index in [1.54, 1.807) is 6.08 Å². The molecule has 0 bridgehead atoms. The van der Waals surface area contributed by atoms with Crippen molar-refractivity contribution in [2.24, 2.45) is 0 Å². The van der Waals surface area contributed by atoms with E-state index >= 15 is 0 Å². The molecule has 0 aromatic heterocycles. The van der Waals surface area contributed by atoms with Gasteiger partial charge in [0.15, 0.2) is 0 Å². The van der Waals surface area contributed by atoms with Gasteiger partial charge >= 0.3 is 0 Å². The van der Waals surface area contributed by atoms with Crippen LogP contribution >= 0.6 is 0 Å². The zero-order chi connectivity index (χ0) is 43.0. The minimum atomic E-state index is -0.953. The van der Waals surface area contributed by atoms with Crippen LogP contribution < -0.4 is 5.32 Å². The molecule has 0 heterocycles. The maximum Gasteiger partial charge on any atom is 0.222 e. The molecular formula is C54H103NO4. The van der Waals surface area contributed by atoms with E-state index in [9.17, 15) is 20.1 Å². The average molecular weight is 830 g/mol. The highest BCUT2D eigenvalue weighted by atomic mass is 16.3. The first kappa shape index (κ1) is 57.6. The molecular weight excluding hydrogens is 727 g/mol. The summed E-state index contributed by atoms with van der Waals surface area (Å²) in [6.45, 7) is 4.23. The van der Waals surface area contributed by atoms with Gasteiger partial charge in [0.2, 0.25) is 5.91 Å². The maximum absolute atomic E-state index is 12.5. The molecule has 0 aliphatic heterocycles. The number of nitrogens with one attached hydrogen (secondary N) is 1. The van der Waals surface area contributed by atoms with E-state index in [2.05, 4.69) is 43.5 Å². The average Bonchev–Trinajstić information content (AvgIpc) is 3.23. The molecule has 0 saturated heterocycles. The molecule has 0 aliphatic rings. The normalized spacial score (nSPS) is 13.6. The van der Waals surface area contributed by atoms with E-state index < -0.39 is 18.2 Å². The molecule has 59 heavy (non-hydrogen) atoms. The number of aliphatic hydroxyl groups excluding tert-OH is 3. The van der Waals surface area contributed by atoms with Crippen molar-refractivity contribution in [3.63, 3.8) is 0 Å². The number of aliphatic hydroxyl groups is 3. The van der Waals surface area contributed by atoms with Crippen molar-refractivity contribution in [3.8, 4) is 0 Å². The van der Waals surface area contributed by atoms with E-state index in [1.807, 2.05) is 6.08 Å². The summed E-state index contributed by atoms with van der Waals surface area (Å²) in [5.41, 5.74) is 0. The number of carbonyl (C=O) groups excluding carboxylic acids is 1. The molecule has 0 rings (SSSR count). The molecule has 4 N–H and O–H groups in total. The second-order valence-corrected chi connectivity index (χ2v) is 18.1. The van der Waals surface area contributed by atoms with Crippen LogP contribution in [0.15, 0.2) is 36.5 Å². The van der Waals surface area contributed by atoms with E-state index in [4.69, 9.17) is 0 Å². The van der Waals surface area contributed by atoms with Gasteiger partial charge in [-0.2, -0.15) is 0 Å². The first-order valence-corrected chi connectivity index (χ1v) is 26.3. The smallest absolute Gasteiger partial charge is 0.222 e. The quantitative estimate of drug-likeness (QED) is 0.0363. The third kappa shape index (κ3) is 45.9. The van der Waals surface area contributed by atoms with E-state index in [0.29, 0.717) is 6.42 Å². The number of amides is 1. The third-order valence-electron chi connectivity index (χ3n) is 12.1. The molecule has 5 nitrogen and oxygen atoms in total. The van der Waals surface area contributed by atoms with Crippen molar-refractivity contribution < 1.29 is 20.1 Å². The molecule has 0 aromatic carbocycles. The van der Waals surface area contributed by atoms with Gasteiger partial charge in [-0.05, 0) is 57.8 Å². The van der Waals surface area contributed by atoms with Crippen molar-refractivity contribution in [2.75, 3.05) is 6.61 Å². The Morgan fingerprint density at radius 1 is 0.424 bits per heavy atom. The van der Waals surface area contributed by atoms with Crippen molar-refractivity contribution in [1.82, 2.24) is 5.32 Å². The highest BCUT2D eigenvalue weighted by molar-refractivity contribution is 5.76. The summed E-state index contributed by atoms with van der Waals surface area (Å²) in [5.74, 6) is -0.325. The van der Waals surface area contributed by atoms with Crippen LogP contribution in [0, 0.1) is 0 Å². The van der Waals surface area contributed by atoms with Crippen molar-refractivity contribution in [2.45, 2.75) is 295 Å². The molecule has 0 saturated carbocycles. The molecule has 0 radical (unpaired) electrons. The van der Waals surface area contributed by atoms with E-state index in [-0.39, 0.29) is 18.9 Å². The number of allylic oxidation sites excluding steroid dienone is 5. The summed E-state index contributed by atoms with van der Waals surface area (Å²) < 4.78 is 0. The molecule has 0 spiro atoms. The van der Waals surface area contributed by atoms with Crippen LogP contribution in [0.3, 0.4) is 0 Å². The summed E-state index contributed by atoms with van der Waals surface area (Å²) in [5, 5.41) is 33.4. The Bertz CT molecular complexity index is 916. The lowest BCUT2D eigenvalue weighted by atomic mass is 10.0. The van der Waals surface area contributed by atoms with E-state index in [0.717, 1.165) is 32.1 Å². The van der Waals surface area contributed by atoms with Gasteiger partial charge in [0.1, 0.15) is 0 Å². The summed E-state index contributed by atoms with van der Waals surface area (Å²) in [6.07, 6.45) is 63.2. The fraction of sp³-hybridized carbons (Fsp3) is 0.870. The van der Waals surface area contributed by atoms with Gasteiger partial charge in [0.05, 0.1) is 31.3 Å². The third-order valence-corrected chi connectivity index (χ3v) is 12.1. The van der Waals surface area contributed by atoms with Gasteiger partial charge in [-0.15, -0.1) is 0 Å². The van der Waals surface area contributed by atoms with Crippen LogP contribution in [0.4, 0.5) is 0 Å². The Labute approximate surface area is 368 Å². The monoisotopic (exact) mass is 830 g/mol. The lowest BCUT2D eigenvalue weighted by Gasteiger charge is -2.21. The van der Waals surface area contributed by atoms with Crippen LogP contribution in [0.25, 0.3) is 0 Å². The fourth-order valence-corrected chi connectivity index (χ4v) is 8.12. The zero-order valence-corrected chi connectivity index (χ0v) is 39.6. The Kier molecular flexibility index (Phi) is 48.0. The Morgan fingerprint density at radius 3 is 1.08 bits per heavy atom. The SMILES string of the molecule is CCCCCCCCCCCCCC/C=C\CCCCCCCCCC(O)CC(=O)NC(CO)C(O)/C=C/CC/C=C/CCCCCCCCCCCCCCCCC. The number of unbranched alkanes of at least 4 members (excludes halogenated alkanes) is 35. The summed E-state index contributed by atoms with van der Waals surface area (Å²) in [7, 11) is 0. The van der Waals surface area contributed by atoms with E-state index in [1.165, 1.54) is 218 Å². The lowest BCUT2D eigenvalue weighted by molar-refractivity contribution is -0.124. The minimum absolute atomic E-state index is 0.00388. The molecule has 3 atom stereocenters. The molecule has 5 heteroatoms. The molecule has 0 fully saturated rings. The maximum atomic E-state index is 12.5. The standard InChI is InChI=1S/C54H103NO4/c1-3-5-7-9-11-13-15-17-19-21-23-25-26-28-29-31-33-35-37-39-41-43-45-47-51(57)49-54(59)55-52(50-56)53(58)48-46-44-42-40-38-36-34-32-30-27-24-22-20-18-16-14-12-10-8-6-4-2/h28-29,38,40,46,48,51-53,56-58H,3-27,30-37,39,41-45,47,49-50H2,1-2H3,(H,55,59)/b29-28-,40-38+,48-46+. The highest BCUT2D eigenvalue weighted by Crippen LogP contribution is 2.16. The van der Waals surface area contributed by atoms with Crippen LogP contribution in [0.1, 0.15) is 277 Å². The summed E-state index contributed by atoms with van der Waals surface area (Å²) in [6, 6.07) is -0.763. The van der Waals surface area contributed by atoms with Gasteiger partial charge in [-0.1, -0.05) is 249 Å². The highest BCUT2D eigenvalue weighted by Gasteiger charge is 2.20. The predicted molar refractivity (Wildman–Crippen MR) is 259 cm³/mol. The second-order valence-electron chi connectivity index (χ2n) is 18.1. The minimum Gasteiger partial charge on any atom is -0.394 e. The number of carbonyl (C=O) groups is 1. The van der Waals surface area contributed by atoms with Crippen LogP contribution in [-0.4, -0.2) is 46.1 Å². The predicted octanol–water partition coefficient (Wildman–Crippen LogP) is 15.9.